The van der Waals surface area contributed by atoms with Crippen LogP contribution in [0.1, 0.15) is 11.1 Å². The van der Waals surface area contributed by atoms with Crippen molar-refractivity contribution in [2.75, 3.05) is 12.4 Å². The summed E-state index contributed by atoms with van der Waals surface area (Å²) in [4.78, 5) is 29.9. The lowest BCUT2D eigenvalue weighted by Gasteiger charge is -2.29. The average Bonchev–Trinajstić information content (AvgIpc) is 3.13. The van der Waals surface area contributed by atoms with E-state index in [2.05, 4.69) is 20.9 Å². The summed E-state index contributed by atoms with van der Waals surface area (Å²) in [5.41, 5.74) is 2.60. The largest absolute Gasteiger partial charge is 0.467 e. The van der Waals surface area contributed by atoms with E-state index in [-0.39, 0.29) is 23.6 Å². The first-order valence-corrected chi connectivity index (χ1v) is 9.88. The van der Waals surface area contributed by atoms with Gasteiger partial charge in [0.25, 0.3) is 0 Å². The number of nitrogens with zero attached hydrogens (tertiary/aromatic N) is 1. The number of fused-ring (bicyclic) bond motifs is 1. The van der Waals surface area contributed by atoms with E-state index in [0.29, 0.717) is 6.42 Å². The first-order chi connectivity index (χ1) is 13.5. The Morgan fingerprint density at radius 1 is 1.18 bits per heavy atom. The van der Waals surface area contributed by atoms with Crippen molar-refractivity contribution in [2.24, 2.45) is 0 Å². The molecule has 1 heterocycles. The number of methoxy groups -OCH3 is 1. The van der Waals surface area contributed by atoms with Crippen LogP contribution in [0.2, 0.25) is 0 Å². The first kappa shape index (κ1) is 20.1. The Morgan fingerprint density at radius 2 is 1.89 bits per heavy atom. The molecule has 0 aliphatic heterocycles. The van der Waals surface area contributed by atoms with Gasteiger partial charge in [0.2, 0.25) is 5.91 Å². The number of rotatable bonds is 7. The Hall–Kier alpha value is -2.67. The summed E-state index contributed by atoms with van der Waals surface area (Å²) in [5, 5.41) is 1.06. The number of para-hydroxylation sites is 1. The monoisotopic (exact) mass is 446 g/mol. The standard InChI is InChI=1S/C21H20BrFN2O3/c1-28-21(27)19(10-15-12-24-18-5-3-2-4-17(15)18)25(20(26)11-22)13-14-6-8-16(23)9-7-14/h2-9,12,19,24H,10-11,13H2,1H3/t19-/m0/s1. The Labute approximate surface area is 170 Å². The zero-order valence-corrected chi connectivity index (χ0v) is 16.9. The van der Waals surface area contributed by atoms with Gasteiger partial charge in [-0.15, -0.1) is 0 Å². The highest BCUT2D eigenvalue weighted by Crippen LogP contribution is 2.22. The minimum Gasteiger partial charge on any atom is -0.467 e. The molecule has 146 valence electrons. The van der Waals surface area contributed by atoms with Crippen LogP contribution < -0.4 is 0 Å². The molecule has 5 nitrogen and oxygen atoms in total. The predicted molar refractivity (Wildman–Crippen MR) is 109 cm³/mol. The number of alkyl halides is 1. The second kappa shape index (κ2) is 9.01. The number of aromatic amines is 1. The van der Waals surface area contributed by atoms with Crippen LogP contribution in [0, 0.1) is 5.82 Å². The highest BCUT2D eigenvalue weighted by molar-refractivity contribution is 9.09. The third kappa shape index (κ3) is 4.42. The van der Waals surface area contributed by atoms with Crippen molar-refractivity contribution in [1.82, 2.24) is 9.88 Å². The molecule has 0 saturated heterocycles. The number of nitrogens with one attached hydrogen (secondary N) is 1. The van der Waals surface area contributed by atoms with Crippen molar-refractivity contribution < 1.29 is 18.7 Å². The molecule has 3 aromatic rings. The van der Waals surface area contributed by atoms with Gasteiger partial charge in [-0.1, -0.05) is 46.3 Å². The van der Waals surface area contributed by atoms with Crippen molar-refractivity contribution in [3.05, 3.63) is 71.7 Å². The van der Waals surface area contributed by atoms with E-state index >= 15 is 0 Å². The van der Waals surface area contributed by atoms with E-state index in [1.807, 2.05) is 30.5 Å². The molecule has 28 heavy (non-hydrogen) atoms. The minimum absolute atomic E-state index is 0.0651. The van der Waals surface area contributed by atoms with E-state index in [1.54, 1.807) is 12.1 Å². The number of carbonyl (C=O) groups excluding carboxylic acids is 2. The normalized spacial score (nSPS) is 12.0. The molecule has 1 N–H and O–H groups in total. The van der Waals surface area contributed by atoms with Gasteiger partial charge in [0.1, 0.15) is 11.9 Å². The fourth-order valence-corrected chi connectivity index (χ4v) is 3.52. The molecule has 2 aromatic carbocycles. The van der Waals surface area contributed by atoms with Gasteiger partial charge in [-0.3, -0.25) is 4.79 Å². The van der Waals surface area contributed by atoms with Gasteiger partial charge in [-0.2, -0.15) is 0 Å². The molecule has 0 fully saturated rings. The molecule has 0 saturated carbocycles. The van der Waals surface area contributed by atoms with Crippen LogP contribution in [-0.4, -0.2) is 40.2 Å². The van der Waals surface area contributed by atoms with E-state index < -0.39 is 12.0 Å². The number of carbonyl (C=O) groups is 2. The van der Waals surface area contributed by atoms with Crippen LogP contribution >= 0.6 is 15.9 Å². The maximum atomic E-state index is 13.2. The molecule has 0 radical (unpaired) electrons. The summed E-state index contributed by atoms with van der Waals surface area (Å²) in [6, 6.07) is 12.8. The zero-order valence-electron chi connectivity index (χ0n) is 15.3. The molecule has 0 bridgehead atoms. The third-order valence-corrected chi connectivity index (χ3v) is 5.12. The van der Waals surface area contributed by atoms with Crippen LogP contribution in [0.5, 0.6) is 0 Å². The van der Waals surface area contributed by atoms with Crippen molar-refractivity contribution in [3.8, 4) is 0 Å². The highest BCUT2D eigenvalue weighted by atomic mass is 79.9. The number of hydrogen-bond acceptors (Lipinski definition) is 3. The van der Waals surface area contributed by atoms with Crippen LogP contribution in [0.15, 0.2) is 54.7 Å². The van der Waals surface area contributed by atoms with Crippen LogP contribution in [0.3, 0.4) is 0 Å². The van der Waals surface area contributed by atoms with Gasteiger partial charge >= 0.3 is 5.97 Å². The minimum atomic E-state index is -0.806. The molecule has 7 heteroatoms. The lowest BCUT2D eigenvalue weighted by Crippen LogP contribution is -2.47. The summed E-state index contributed by atoms with van der Waals surface area (Å²) >= 11 is 3.19. The topological polar surface area (TPSA) is 62.4 Å². The van der Waals surface area contributed by atoms with E-state index in [4.69, 9.17) is 4.74 Å². The fourth-order valence-electron chi connectivity index (χ4n) is 3.20. The van der Waals surface area contributed by atoms with Gasteiger partial charge in [-0.25, -0.2) is 9.18 Å². The number of H-pyrrole nitrogens is 1. The van der Waals surface area contributed by atoms with Crippen molar-refractivity contribution in [2.45, 2.75) is 19.0 Å². The third-order valence-electron chi connectivity index (χ3n) is 4.64. The van der Waals surface area contributed by atoms with Crippen LogP contribution in [0.4, 0.5) is 4.39 Å². The van der Waals surface area contributed by atoms with E-state index in [0.717, 1.165) is 22.0 Å². The molecule has 0 aliphatic rings. The summed E-state index contributed by atoms with van der Waals surface area (Å²) in [7, 11) is 1.30. The van der Waals surface area contributed by atoms with Crippen molar-refractivity contribution in [1.29, 1.82) is 0 Å². The number of hydrogen-bond donors (Lipinski definition) is 1. The average molecular weight is 447 g/mol. The number of halogens is 2. The molecule has 0 aliphatic carbocycles. The smallest absolute Gasteiger partial charge is 0.328 e. The molecule has 1 amide bonds. The lowest BCUT2D eigenvalue weighted by molar-refractivity contribution is -0.152. The van der Waals surface area contributed by atoms with Gasteiger partial charge in [0.15, 0.2) is 0 Å². The number of ether oxygens (including phenoxy) is 1. The van der Waals surface area contributed by atoms with Gasteiger partial charge < -0.3 is 14.6 Å². The SMILES string of the molecule is COC(=O)[C@H](Cc1c[nH]c2ccccc12)N(Cc1ccc(F)cc1)C(=O)CBr. The molecular formula is C21H20BrFN2O3. The van der Waals surface area contributed by atoms with E-state index in [9.17, 15) is 14.0 Å². The second-order valence-corrected chi connectivity index (χ2v) is 6.95. The van der Waals surface area contributed by atoms with Gasteiger partial charge in [0.05, 0.1) is 12.4 Å². The van der Waals surface area contributed by atoms with Crippen LogP contribution in [-0.2, 0) is 27.3 Å². The summed E-state index contributed by atoms with van der Waals surface area (Å²) in [6.45, 7) is 0.173. The number of amides is 1. The summed E-state index contributed by atoms with van der Waals surface area (Å²) in [5.74, 6) is -1.10. The molecule has 0 spiro atoms. The predicted octanol–water partition coefficient (Wildman–Crippen LogP) is 3.81. The van der Waals surface area contributed by atoms with Gasteiger partial charge in [-0.05, 0) is 29.3 Å². The van der Waals surface area contributed by atoms with Crippen molar-refractivity contribution in [3.63, 3.8) is 0 Å². The fraction of sp³-hybridized carbons (Fsp3) is 0.238. The molecule has 3 rings (SSSR count). The molecule has 1 aromatic heterocycles. The van der Waals surface area contributed by atoms with Crippen LogP contribution in [0.25, 0.3) is 10.9 Å². The second-order valence-electron chi connectivity index (χ2n) is 6.38. The summed E-state index contributed by atoms with van der Waals surface area (Å²) < 4.78 is 18.2. The summed E-state index contributed by atoms with van der Waals surface area (Å²) in [6.07, 6.45) is 2.14. The lowest BCUT2D eigenvalue weighted by atomic mass is 10.0. The zero-order chi connectivity index (χ0) is 20.1. The Kier molecular flexibility index (Phi) is 6.46. The Balaban J connectivity index is 1.94. The molecule has 1 atom stereocenters. The Bertz CT molecular complexity index is 971. The maximum absolute atomic E-state index is 13.2. The van der Waals surface area contributed by atoms with Gasteiger partial charge in [0, 0.05) is 30.1 Å². The molecular weight excluding hydrogens is 427 g/mol. The van der Waals surface area contributed by atoms with E-state index in [1.165, 1.54) is 24.1 Å². The van der Waals surface area contributed by atoms with Crippen molar-refractivity contribution >= 4 is 38.7 Å². The molecule has 0 unspecified atom stereocenters. The quantitative estimate of drug-likeness (QED) is 0.443. The number of aromatic nitrogens is 1. The highest BCUT2D eigenvalue weighted by Gasteiger charge is 2.31. The number of esters is 1. The first-order valence-electron chi connectivity index (χ1n) is 8.76. The Morgan fingerprint density at radius 3 is 2.57 bits per heavy atom. The maximum Gasteiger partial charge on any atom is 0.328 e. The number of benzene rings is 2.